The van der Waals surface area contributed by atoms with Gasteiger partial charge in [0.25, 0.3) is 0 Å². The first kappa shape index (κ1) is 27.5. The zero-order valence-corrected chi connectivity index (χ0v) is 21.8. The van der Waals surface area contributed by atoms with Gasteiger partial charge < -0.3 is 19.9 Å². The Morgan fingerprint density at radius 3 is 1.92 bits per heavy atom. The molecule has 202 valence electrons. The van der Waals surface area contributed by atoms with Crippen molar-refractivity contribution in [2.45, 2.75) is 57.4 Å². The average molecular weight is 524 g/mol. The molecule has 0 heterocycles. The SMILES string of the molecule is COC(=O)[C@@](C)(C(=O)OCc1ccccc1)[N+](C(=O)CN)(C(=O)OCc1ccccc1)C1CC2CCC1C2. The molecule has 2 amide bonds. The lowest BCUT2D eigenvalue weighted by atomic mass is 9.85. The highest BCUT2D eigenvalue weighted by Crippen LogP contribution is 2.52. The summed E-state index contributed by atoms with van der Waals surface area (Å²) in [6.45, 7) is 0.371. The first-order chi connectivity index (χ1) is 18.3. The van der Waals surface area contributed by atoms with Crippen LogP contribution in [-0.4, -0.2) is 53.7 Å². The smallest absolute Gasteiger partial charge is 0.464 e. The van der Waals surface area contributed by atoms with Crippen molar-refractivity contribution in [3.63, 3.8) is 0 Å². The fourth-order valence-corrected chi connectivity index (χ4v) is 6.27. The van der Waals surface area contributed by atoms with Gasteiger partial charge in [0.05, 0.1) is 7.11 Å². The molecule has 0 aromatic heterocycles. The molecule has 0 aliphatic heterocycles. The molecule has 2 aromatic rings. The average Bonchev–Trinajstić information content (AvgIpc) is 3.59. The summed E-state index contributed by atoms with van der Waals surface area (Å²) < 4.78 is 15.2. The summed E-state index contributed by atoms with van der Waals surface area (Å²) in [7, 11) is 1.11. The summed E-state index contributed by atoms with van der Waals surface area (Å²) in [6, 6.07) is 17.2. The van der Waals surface area contributed by atoms with Crippen molar-refractivity contribution < 1.29 is 37.9 Å². The van der Waals surface area contributed by atoms with Gasteiger partial charge in [-0.3, -0.25) is 0 Å². The van der Waals surface area contributed by atoms with E-state index in [0.717, 1.165) is 26.4 Å². The number of methoxy groups -OCH3 is 1. The van der Waals surface area contributed by atoms with Crippen LogP contribution in [0.5, 0.6) is 0 Å². The summed E-state index contributed by atoms with van der Waals surface area (Å²) in [6.07, 6.45) is 2.01. The zero-order chi connectivity index (χ0) is 27.3. The molecule has 9 heteroatoms. The molecule has 2 aromatic carbocycles. The van der Waals surface area contributed by atoms with Gasteiger partial charge in [0, 0.05) is 19.3 Å². The minimum Gasteiger partial charge on any atom is -0.464 e. The standard InChI is InChI=1S/C29H35N2O7/c1-29(26(33)36-2,27(34)37-18-20-9-5-3-6-10-20)31(25(32)17-30,24-16-22-13-14-23(24)15-22)28(35)38-19-21-11-7-4-8-12-21/h3-12,22-24H,13-19,30H2,1-2H3/q+1/t22?,23?,24?,29-,31?/m0/s1. The Morgan fingerprint density at radius 1 is 0.868 bits per heavy atom. The Hall–Kier alpha value is -3.56. The van der Waals surface area contributed by atoms with Crippen molar-refractivity contribution >= 4 is 23.9 Å². The van der Waals surface area contributed by atoms with Crippen LogP contribution in [0.4, 0.5) is 4.79 Å². The summed E-state index contributed by atoms with van der Waals surface area (Å²) in [5.74, 6) is -2.68. The highest BCUT2D eigenvalue weighted by atomic mass is 16.6. The van der Waals surface area contributed by atoms with Gasteiger partial charge >= 0.3 is 29.5 Å². The summed E-state index contributed by atoms with van der Waals surface area (Å²) in [4.78, 5) is 55.6. The van der Waals surface area contributed by atoms with Crippen LogP contribution in [-0.2, 0) is 41.8 Å². The maximum Gasteiger partial charge on any atom is 0.525 e. The van der Waals surface area contributed by atoms with Crippen LogP contribution in [0.25, 0.3) is 0 Å². The molecule has 2 saturated carbocycles. The van der Waals surface area contributed by atoms with E-state index in [1.807, 2.05) is 12.1 Å². The van der Waals surface area contributed by atoms with Gasteiger partial charge in [-0.15, -0.1) is 4.48 Å². The Kier molecular flexibility index (Phi) is 8.28. The van der Waals surface area contributed by atoms with Crippen LogP contribution >= 0.6 is 0 Å². The van der Waals surface area contributed by atoms with Crippen LogP contribution in [0.2, 0.25) is 0 Å². The Labute approximate surface area is 222 Å². The third kappa shape index (κ3) is 4.72. The van der Waals surface area contributed by atoms with Crippen LogP contribution < -0.4 is 5.73 Å². The number of nitrogens with zero attached hydrogens (tertiary/aromatic N) is 1. The Morgan fingerprint density at radius 2 is 1.45 bits per heavy atom. The van der Waals surface area contributed by atoms with Crippen LogP contribution in [0.1, 0.15) is 43.7 Å². The quantitative estimate of drug-likeness (QED) is 0.229. The van der Waals surface area contributed by atoms with Crippen LogP contribution in [0.3, 0.4) is 0 Å². The minimum atomic E-state index is -2.37. The molecule has 2 bridgehead atoms. The van der Waals surface area contributed by atoms with Crippen molar-refractivity contribution in [3.05, 3.63) is 71.8 Å². The van der Waals surface area contributed by atoms with E-state index in [-0.39, 0.29) is 25.0 Å². The third-order valence-corrected chi connectivity index (χ3v) is 8.16. The van der Waals surface area contributed by atoms with E-state index in [0.29, 0.717) is 17.5 Å². The number of hydrogen-bond donors (Lipinski definition) is 1. The number of nitrogens with two attached hydrogens (primary N) is 1. The molecule has 0 radical (unpaired) electrons. The maximum atomic E-state index is 14.2. The van der Waals surface area contributed by atoms with E-state index < -0.39 is 46.5 Å². The molecular weight excluding hydrogens is 488 g/mol. The Balaban J connectivity index is 1.80. The molecule has 2 aliphatic carbocycles. The molecular formula is C29H35N2O7+. The Bertz CT molecular complexity index is 1170. The summed E-state index contributed by atoms with van der Waals surface area (Å²) in [5.41, 5.74) is 4.90. The fourth-order valence-electron chi connectivity index (χ4n) is 6.27. The molecule has 9 nitrogen and oxygen atoms in total. The van der Waals surface area contributed by atoms with E-state index in [1.54, 1.807) is 48.5 Å². The van der Waals surface area contributed by atoms with Gasteiger partial charge in [0.2, 0.25) is 0 Å². The van der Waals surface area contributed by atoms with Gasteiger partial charge in [-0.1, -0.05) is 60.7 Å². The molecule has 2 fully saturated rings. The van der Waals surface area contributed by atoms with E-state index in [2.05, 4.69) is 0 Å². The van der Waals surface area contributed by atoms with Gasteiger partial charge in [-0.25, -0.2) is 14.4 Å². The van der Waals surface area contributed by atoms with E-state index in [9.17, 15) is 19.2 Å². The first-order valence-electron chi connectivity index (χ1n) is 12.9. The summed E-state index contributed by atoms with van der Waals surface area (Å²) >= 11 is 0. The topological polar surface area (TPSA) is 122 Å². The number of benzene rings is 2. The highest BCUT2D eigenvalue weighted by molar-refractivity contribution is 6.07. The van der Waals surface area contributed by atoms with Crippen LogP contribution in [0.15, 0.2) is 60.7 Å². The van der Waals surface area contributed by atoms with Crippen molar-refractivity contribution in [1.82, 2.24) is 0 Å². The number of imide groups is 1. The van der Waals surface area contributed by atoms with Gasteiger partial charge in [-0.05, 0) is 36.3 Å². The molecule has 2 N–H and O–H groups in total. The normalized spacial score (nSPS) is 23.1. The van der Waals surface area contributed by atoms with E-state index in [4.69, 9.17) is 19.9 Å². The number of ether oxygens (including phenoxy) is 3. The van der Waals surface area contributed by atoms with Crippen molar-refractivity contribution in [1.29, 1.82) is 0 Å². The van der Waals surface area contributed by atoms with Gasteiger partial charge in [0.15, 0.2) is 0 Å². The number of carbonyl (C=O) groups is 4. The molecule has 2 aliphatic rings. The molecule has 5 atom stereocenters. The number of quaternary nitrogens is 1. The highest BCUT2D eigenvalue weighted by Gasteiger charge is 2.75. The van der Waals surface area contributed by atoms with E-state index in [1.165, 1.54) is 6.92 Å². The first-order valence-corrected chi connectivity index (χ1v) is 12.9. The van der Waals surface area contributed by atoms with Gasteiger partial charge in [-0.2, -0.15) is 4.79 Å². The number of fused-ring (bicyclic) bond motifs is 2. The molecule has 38 heavy (non-hydrogen) atoms. The lowest BCUT2D eigenvalue weighted by Gasteiger charge is -2.47. The van der Waals surface area contributed by atoms with E-state index >= 15 is 0 Å². The monoisotopic (exact) mass is 523 g/mol. The predicted molar refractivity (Wildman–Crippen MR) is 137 cm³/mol. The molecule has 4 rings (SSSR count). The van der Waals surface area contributed by atoms with Gasteiger partial charge in [0.1, 0.15) is 25.8 Å². The maximum absolute atomic E-state index is 14.2. The molecule has 0 saturated heterocycles. The minimum absolute atomic E-state index is 0.0642. The molecule has 0 spiro atoms. The number of esters is 2. The number of amides is 2. The predicted octanol–water partition coefficient (Wildman–Crippen LogP) is 3.49. The summed E-state index contributed by atoms with van der Waals surface area (Å²) in [5, 5.41) is 0. The zero-order valence-electron chi connectivity index (χ0n) is 21.8. The second kappa shape index (κ2) is 11.4. The number of carbonyl (C=O) groups excluding carboxylic acids is 4. The second-order valence-electron chi connectivity index (χ2n) is 10.2. The second-order valence-corrected chi connectivity index (χ2v) is 10.2. The third-order valence-electron chi connectivity index (χ3n) is 8.16. The lowest BCUT2D eigenvalue weighted by Crippen LogP contribution is -2.80. The number of hydrogen-bond acceptors (Lipinski definition) is 8. The van der Waals surface area contributed by atoms with Crippen molar-refractivity contribution in [3.8, 4) is 0 Å². The molecule has 4 unspecified atom stereocenters. The lowest BCUT2D eigenvalue weighted by molar-refractivity contribution is -0.845. The van der Waals surface area contributed by atoms with Crippen LogP contribution in [0, 0.1) is 11.8 Å². The van der Waals surface area contributed by atoms with Crippen molar-refractivity contribution in [2.75, 3.05) is 13.7 Å². The number of rotatable bonds is 9. The largest absolute Gasteiger partial charge is 0.525 e. The van der Waals surface area contributed by atoms with Crippen molar-refractivity contribution in [2.24, 2.45) is 17.6 Å². The fraction of sp³-hybridized carbons (Fsp3) is 0.448.